The van der Waals surface area contributed by atoms with Crippen LogP contribution in [0.2, 0.25) is 0 Å². The topological polar surface area (TPSA) is 91.0 Å². The van der Waals surface area contributed by atoms with Crippen LogP contribution in [0, 0.1) is 0 Å². The van der Waals surface area contributed by atoms with E-state index in [0.29, 0.717) is 23.6 Å². The third-order valence-electron chi connectivity index (χ3n) is 4.32. The van der Waals surface area contributed by atoms with Crippen LogP contribution >= 0.6 is 0 Å². The van der Waals surface area contributed by atoms with Gasteiger partial charge in [0.2, 0.25) is 5.95 Å². The van der Waals surface area contributed by atoms with Crippen molar-refractivity contribution in [1.29, 1.82) is 0 Å². The predicted octanol–water partition coefficient (Wildman–Crippen LogP) is 1.90. The highest BCUT2D eigenvalue weighted by atomic mass is 16.5. The number of nitrogens with zero attached hydrogens (tertiary/aromatic N) is 4. The van der Waals surface area contributed by atoms with Gasteiger partial charge >= 0.3 is 0 Å². The van der Waals surface area contributed by atoms with Gasteiger partial charge in [0.1, 0.15) is 0 Å². The van der Waals surface area contributed by atoms with Crippen LogP contribution in [0.3, 0.4) is 0 Å². The highest BCUT2D eigenvalue weighted by molar-refractivity contribution is 5.83. The molecule has 0 aliphatic carbocycles. The summed E-state index contributed by atoms with van der Waals surface area (Å²) in [5, 5.41) is 14.8. The molecule has 1 saturated heterocycles. The monoisotopic (exact) mass is 339 g/mol. The molecule has 0 bridgehead atoms. The zero-order chi connectivity index (χ0) is 17.2. The third kappa shape index (κ3) is 3.20. The Labute approximate surface area is 145 Å². The number of anilines is 3. The number of rotatable bonds is 4. The van der Waals surface area contributed by atoms with E-state index in [0.717, 1.165) is 36.2 Å². The second kappa shape index (κ2) is 6.56. The summed E-state index contributed by atoms with van der Waals surface area (Å²) >= 11 is 0. The molecule has 1 aromatic carbocycles. The molecule has 0 saturated carbocycles. The van der Waals surface area contributed by atoms with E-state index in [9.17, 15) is 0 Å². The number of benzene rings is 1. The second-order valence-electron chi connectivity index (χ2n) is 6.19. The van der Waals surface area contributed by atoms with Crippen LogP contribution < -0.4 is 20.3 Å². The van der Waals surface area contributed by atoms with Gasteiger partial charge in [-0.2, -0.15) is 10.1 Å². The van der Waals surface area contributed by atoms with Gasteiger partial charge < -0.3 is 20.3 Å². The van der Waals surface area contributed by atoms with Crippen LogP contribution in [0.25, 0.3) is 10.9 Å². The number of hydrogen-bond acceptors (Lipinski definition) is 7. The number of methoxy groups -OCH3 is 1. The summed E-state index contributed by atoms with van der Waals surface area (Å²) in [6.07, 6.45) is 3.51. The molecule has 8 heteroatoms. The number of ether oxygens (including phenoxy) is 1. The third-order valence-corrected chi connectivity index (χ3v) is 4.32. The second-order valence-corrected chi connectivity index (χ2v) is 6.19. The van der Waals surface area contributed by atoms with Crippen molar-refractivity contribution >= 4 is 28.4 Å². The van der Waals surface area contributed by atoms with Gasteiger partial charge in [0.25, 0.3) is 0 Å². The Balaban J connectivity index is 1.63. The maximum atomic E-state index is 5.42. The van der Waals surface area contributed by atoms with E-state index >= 15 is 0 Å². The molecule has 1 aliphatic rings. The van der Waals surface area contributed by atoms with Crippen molar-refractivity contribution < 1.29 is 4.74 Å². The molecule has 3 N–H and O–H groups in total. The molecule has 1 unspecified atom stereocenters. The number of H-pyrrole nitrogens is 1. The number of aromatic amines is 1. The van der Waals surface area contributed by atoms with E-state index in [1.54, 1.807) is 19.5 Å². The summed E-state index contributed by atoms with van der Waals surface area (Å²) in [7, 11) is 1.62. The summed E-state index contributed by atoms with van der Waals surface area (Å²) in [5.74, 6) is 1.97. The fourth-order valence-corrected chi connectivity index (χ4v) is 3.02. The molecule has 0 amide bonds. The minimum atomic E-state index is 0.416. The van der Waals surface area contributed by atoms with Crippen molar-refractivity contribution in [2.75, 3.05) is 37.0 Å². The van der Waals surface area contributed by atoms with Crippen molar-refractivity contribution in [1.82, 2.24) is 25.5 Å². The average molecular weight is 339 g/mol. The summed E-state index contributed by atoms with van der Waals surface area (Å²) in [6.45, 7) is 4.86. The number of fused-ring (bicyclic) bond motifs is 1. The molecule has 1 atom stereocenters. The first-order valence-electron chi connectivity index (χ1n) is 8.32. The normalized spacial score (nSPS) is 17.7. The summed E-state index contributed by atoms with van der Waals surface area (Å²) in [4.78, 5) is 11.3. The highest BCUT2D eigenvalue weighted by Crippen LogP contribution is 2.28. The van der Waals surface area contributed by atoms with E-state index in [-0.39, 0.29) is 0 Å². The van der Waals surface area contributed by atoms with Gasteiger partial charge in [-0.3, -0.25) is 5.10 Å². The molecule has 0 radical (unpaired) electrons. The van der Waals surface area contributed by atoms with E-state index in [2.05, 4.69) is 37.6 Å². The molecule has 0 spiro atoms. The van der Waals surface area contributed by atoms with Crippen LogP contribution in [0.1, 0.15) is 6.92 Å². The van der Waals surface area contributed by atoms with Gasteiger partial charge in [-0.15, -0.1) is 0 Å². The average Bonchev–Trinajstić information content (AvgIpc) is 3.09. The molecule has 25 heavy (non-hydrogen) atoms. The fraction of sp³-hybridized carbons (Fsp3) is 0.353. The lowest BCUT2D eigenvalue weighted by Gasteiger charge is -2.32. The molecule has 130 valence electrons. The zero-order valence-electron chi connectivity index (χ0n) is 14.3. The first-order valence-corrected chi connectivity index (χ1v) is 8.32. The molecular formula is C17H21N7O. The summed E-state index contributed by atoms with van der Waals surface area (Å²) < 4.78 is 5.42. The smallest absolute Gasteiger partial charge is 0.227 e. The largest absolute Gasteiger partial charge is 0.491 e. The van der Waals surface area contributed by atoms with Crippen LogP contribution in [0.4, 0.5) is 17.5 Å². The molecule has 8 nitrogen and oxygen atoms in total. The van der Waals surface area contributed by atoms with Crippen LogP contribution in [-0.4, -0.2) is 53.0 Å². The first-order chi connectivity index (χ1) is 12.2. The van der Waals surface area contributed by atoms with Crippen molar-refractivity contribution in [2.45, 2.75) is 13.0 Å². The lowest BCUT2D eigenvalue weighted by Crippen LogP contribution is -2.49. The van der Waals surface area contributed by atoms with E-state index in [1.807, 2.05) is 18.2 Å². The maximum absolute atomic E-state index is 5.42. The van der Waals surface area contributed by atoms with E-state index < -0.39 is 0 Å². The molecule has 4 rings (SSSR count). The molecule has 1 aliphatic heterocycles. The zero-order valence-corrected chi connectivity index (χ0v) is 14.3. The minimum absolute atomic E-state index is 0.416. The maximum Gasteiger partial charge on any atom is 0.227 e. The molecule has 2 aromatic heterocycles. The number of aromatic nitrogens is 4. The van der Waals surface area contributed by atoms with Gasteiger partial charge in [-0.1, -0.05) is 0 Å². The van der Waals surface area contributed by atoms with Gasteiger partial charge in [0, 0.05) is 36.7 Å². The Hall–Kier alpha value is -2.87. The van der Waals surface area contributed by atoms with Crippen LogP contribution in [-0.2, 0) is 0 Å². The van der Waals surface area contributed by atoms with Crippen molar-refractivity contribution in [3.63, 3.8) is 0 Å². The Morgan fingerprint density at radius 3 is 3.08 bits per heavy atom. The van der Waals surface area contributed by atoms with Gasteiger partial charge in [0.05, 0.1) is 25.0 Å². The molecule has 1 fully saturated rings. The van der Waals surface area contributed by atoms with Crippen molar-refractivity contribution in [3.8, 4) is 5.75 Å². The van der Waals surface area contributed by atoms with Crippen molar-refractivity contribution in [2.24, 2.45) is 0 Å². The standard InChI is InChI=1S/C17H21N7O/c1-11-10-24(6-5-18-11)17-19-9-15(25-2)16(22-17)21-13-3-4-14-12(7-13)8-20-23-14/h3-4,7-9,11,18H,5-6,10H2,1-2H3,(H,20,23)(H,19,21,22). The van der Waals surface area contributed by atoms with Crippen LogP contribution in [0.15, 0.2) is 30.6 Å². The predicted molar refractivity (Wildman–Crippen MR) is 97.6 cm³/mol. The fourth-order valence-electron chi connectivity index (χ4n) is 3.02. The summed E-state index contributed by atoms with van der Waals surface area (Å²) in [6, 6.07) is 6.40. The number of nitrogens with one attached hydrogen (secondary N) is 3. The Morgan fingerprint density at radius 2 is 2.24 bits per heavy atom. The quantitative estimate of drug-likeness (QED) is 0.669. The van der Waals surface area contributed by atoms with Crippen LogP contribution in [0.5, 0.6) is 5.75 Å². The minimum Gasteiger partial charge on any atom is -0.491 e. The van der Waals surface area contributed by atoms with Gasteiger partial charge in [0.15, 0.2) is 11.6 Å². The summed E-state index contributed by atoms with van der Waals surface area (Å²) in [5.41, 5.74) is 1.92. The SMILES string of the molecule is COc1cnc(N2CCNC(C)C2)nc1Nc1ccc2[nH]ncc2c1. The van der Waals surface area contributed by atoms with E-state index in [4.69, 9.17) is 9.72 Å². The number of piperazine rings is 1. The van der Waals surface area contributed by atoms with Gasteiger partial charge in [-0.25, -0.2) is 4.98 Å². The highest BCUT2D eigenvalue weighted by Gasteiger charge is 2.19. The Morgan fingerprint density at radius 1 is 1.32 bits per heavy atom. The lowest BCUT2D eigenvalue weighted by molar-refractivity contribution is 0.412. The Bertz CT molecular complexity index is 878. The molecule has 3 aromatic rings. The molecule has 3 heterocycles. The van der Waals surface area contributed by atoms with Crippen molar-refractivity contribution in [3.05, 3.63) is 30.6 Å². The van der Waals surface area contributed by atoms with Gasteiger partial charge in [-0.05, 0) is 25.1 Å². The lowest BCUT2D eigenvalue weighted by atomic mass is 10.2. The van der Waals surface area contributed by atoms with E-state index in [1.165, 1.54) is 0 Å². The number of hydrogen-bond donors (Lipinski definition) is 3. The first kappa shape index (κ1) is 15.6. The Kier molecular flexibility index (Phi) is 4.10. The molecular weight excluding hydrogens is 318 g/mol.